The van der Waals surface area contributed by atoms with Crippen LogP contribution in [-0.2, 0) is 0 Å². The number of hydrogen-bond donors (Lipinski definition) is 0. The van der Waals surface area contributed by atoms with E-state index in [-0.39, 0.29) is 16.8 Å². The van der Waals surface area contributed by atoms with Crippen molar-refractivity contribution in [1.82, 2.24) is 5.16 Å². The van der Waals surface area contributed by atoms with Crippen LogP contribution in [0.1, 0.15) is 46.0 Å². The minimum absolute atomic E-state index is 0.00476. The fraction of sp³-hybridized carbons (Fsp3) is 0.240. The molecule has 1 aliphatic rings. The number of nitrogens with zero attached hydrogens (tertiary/aromatic N) is 2. The van der Waals surface area contributed by atoms with Crippen molar-refractivity contribution in [3.8, 4) is 11.5 Å². The molecule has 0 bridgehead atoms. The molecule has 33 heavy (non-hydrogen) atoms. The van der Waals surface area contributed by atoms with Gasteiger partial charge in [0.2, 0.25) is 5.76 Å². The van der Waals surface area contributed by atoms with E-state index < -0.39 is 11.9 Å². The van der Waals surface area contributed by atoms with E-state index in [1.54, 1.807) is 50.4 Å². The van der Waals surface area contributed by atoms with Crippen molar-refractivity contribution in [2.75, 3.05) is 18.6 Å². The van der Waals surface area contributed by atoms with E-state index in [2.05, 4.69) is 5.16 Å². The average molecular weight is 446 g/mol. The third-order valence-electron chi connectivity index (χ3n) is 5.69. The Morgan fingerprint density at radius 1 is 1.06 bits per heavy atom. The van der Waals surface area contributed by atoms with Gasteiger partial charge in [0, 0.05) is 6.07 Å². The van der Waals surface area contributed by atoms with Gasteiger partial charge in [-0.05, 0) is 50.6 Å². The molecule has 0 radical (unpaired) electrons. The van der Waals surface area contributed by atoms with Gasteiger partial charge in [-0.3, -0.25) is 14.5 Å². The van der Waals surface area contributed by atoms with Crippen LogP contribution in [0.4, 0.5) is 5.82 Å². The lowest BCUT2D eigenvalue weighted by atomic mass is 9.97. The van der Waals surface area contributed by atoms with Crippen molar-refractivity contribution in [3.05, 3.63) is 80.9 Å². The standard InChI is InChI=1S/C25H22N2O6/c1-5-31-18-9-7-15(12-19(18)30-4)22-21-23(28)16-10-13(2)6-8-17(16)32-24(21)25(29)27(22)20-11-14(3)33-26-20/h6-12,22H,5H2,1-4H3/t22-/m1/s1. The van der Waals surface area contributed by atoms with Gasteiger partial charge < -0.3 is 18.4 Å². The first-order chi connectivity index (χ1) is 15.9. The molecular weight excluding hydrogens is 424 g/mol. The van der Waals surface area contributed by atoms with Crippen LogP contribution in [0.5, 0.6) is 11.5 Å². The molecular formula is C25H22N2O6. The fourth-order valence-corrected chi connectivity index (χ4v) is 4.23. The van der Waals surface area contributed by atoms with Crippen LogP contribution < -0.4 is 19.8 Å². The number of hydrogen-bond acceptors (Lipinski definition) is 7. The van der Waals surface area contributed by atoms with Crippen LogP contribution in [0.3, 0.4) is 0 Å². The molecule has 5 rings (SSSR count). The number of aryl methyl sites for hydroxylation is 2. The molecule has 0 saturated carbocycles. The maximum atomic E-state index is 13.7. The third kappa shape index (κ3) is 3.26. The number of aromatic nitrogens is 1. The molecule has 4 aromatic rings. The van der Waals surface area contributed by atoms with Crippen molar-refractivity contribution in [2.45, 2.75) is 26.8 Å². The maximum Gasteiger partial charge on any atom is 0.296 e. The van der Waals surface area contributed by atoms with E-state index in [9.17, 15) is 9.59 Å². The highest BCUT2D eigenvalue weighted by atomic mass is 16.5. The highest BCUT2D eigenvalue weighted by molar-refractivity contribution is 6.10. The lowest BCUT2D eigenvalue weighted by Crippen LogP contribution is -2.29. The summed E-state index contributed by atoms with van der Waals surface area (Å²) in [6, 6.07) is 11.5. The molecule has 8 nitrogen and oxygen atoms in total. The molecule has 3 heterocycles. The first kappa shape index (κ1) is 20.8. The SMILES string of the molecule is CCOc1ccc([C@@H]2c3c(oc4ccc(C)cc4c3=O)C(=O)N2c2cc(C)on2)cc1OC. The molecule has 1 atom stereocenters. The predicted molar refractivity (Wildman–Crippen MR) is 121 cm³/mol. The molecule has 8 heteroatoms. The summed E-state index contributed by atoms with van der Waals surface area (Å²) in [6.45, 7) is 5.99. The highest BCUT2D eigenvalue weighted by Crippen LogP contribution is 2.43. The molecule has 0 spiro atoms. The van der Waals surface area contributed by atoms with Crippen molar-refractivity contribution in [2.24, 2.45) is 0 Å². The summed E-state index contributed by atoms with van der Waals surface area (Å²) < 4.78 is 22.3. The first-order valence-corrected chi connectivity index (χ1v) is 10.6. The average Bonchev–Trinajstić information content (AvgIpc) is 3.36. The number of benzene rings is 2. The van der Waals surface area contributed by atoms with Gasteiger partial charge in [0.15, 0.2) is 22.7 Å². The second-order valence-corrected chi connectivity index (χ2v) is 7.89. The Morgan fingerprint density at radius 3 is 2.58 bits per heavy atom. The molecule has 2 aromatic heterocycles. The van der Waals surface area contributed by atoms with E-state index in [1.807, 2.05) is 19.9 Å². The second-order valence-electron chi connectivity index (χ2n) is 7.89. The Labute approximate surface area is 189 Å². The normalized spacial score (nSPS) is 15.2. The number of carbonyl (C=O) groups is 1. The van der Waals surface area contributed by atoms with Crippen LogP contribution >= 0.6 is 0 Å². The number of rotatable bonds is 5. The van der Waals surface area contributed by atoms with Crippen molar-refractivity contribution in [3.63, 3.8) is 0 Å². The van der Waals surface area contributed by atoms with Gasteiger partial charge in [-0.15, -0.1) is 0 Å². The summed E-state index contributed by atoms with van der Waals surface area (Å²) in [6.07, 6.45) is 0. The van der Waals surface area contributed by atoms with Crippen LogP contribution in [0.15, 0.2) is 56.2 Å². The van der Waals surface area contributed by atoms with Gasteiger partial charge in [-0.2, -0.15) is 0 Å². The van der Waals surface area contributed by atoms with Crippen molar-refractivity contribution >= 4 is 22.7 Å². The monoisotopic (exact) mass is 446 g/mol. The Bertz CT molecular complexity index is 1450. The van der Waals surface area contributed by atoms with Gasteiger partial charge in [-0.25, -0.2) is 0 Å². The van der Waals surface area contributed by atoms with E-state index in [0.717, 1.165) is 5.56 Å². The summed E-state index contributed by atoms with van der Waals surface area (Å²) in [7, 11) is 1.54. The largest absolute Gasteiger partial charge is 0.493 e. The van der Waals surface area contributed by atoms with Crippen molar-refractivity contribution in [1.29, 1.82) is 0 Å². The van der Waals surface area contributed by atoms with Crippen molar-refractivity contribution < 1.29 is 23.2 Å². The molecule has 1 amide bonds. The number of ether oxygens (including phenoxy) is 2. The number of amides is 1. The van der Waals surface area contributed by atoms with E-state index in [1.165, 1.54) is 4.90 Å². The molecule has 0 fully saturated rings. The van der Waals surface area contributed by atoms with Crippen LogP contribution in [-0.4, -0.2) is 24.8 Å². The minimum atomic E-state index is -0.775. The zero-order chi connectivity index (χ0) is 23.3. The second kappa shape index (κ2) is 7.81. The van der Waals surface area contributed by atoms with Crippen LogP contribution in [0.2, 0.25) is 0 Å². The minimum Gasteiger partial charge on any atom is -0.493 e. The van der Waals surface area contributed by atoms with Gasteiger partial charge in [0.25, 0.3) is 5.91 Å². The summed E-state index contributed by atoms with van der Waals surface area (Å²) in [5, 5.41) is 4.46. The van der Waals surface area contributed by atoms with E-state index in [4.69, 9.17) is 18.4 Å². The predicted octanol–water partition coefficient (Wildman–Crippen LogP) is 4.55. The zero-order valence-corrected chi connectivity index (χ0v) is 18.7. The molecule has 168 valence electrons. The number of carbonyl (C=O) groups excluding carboxylic acids is 1. The van der Waals surface area contributed by atoms with E-state index in [0.29, 0.717) is 46.2 Å². The van der Waals surface area contributed by atoms with Gasteiger partial charge in [-0.1, -0.05) is 22.9 Å². The highest BCUT2D eigenvalue weighted by Gasteiger charge is 2.45. The lowest BCUT2D eigenvalue weighted by Gasteiger charge is -2.23. The third-order valence-corrected chi connectivity index (χ3v) is 5.69. The summed E-state index contributed by atoms with van der Waals surface area (Å²) in [4.78, 5) is 28.6. The maximum absolute atomic E-state index is 13.7. The summed E-state index contributed by atoms with van der Waals surface area (Å²) in [5.74, 6) is 1.43. The summed E-state index contributed by atoms with van der Waals surface area (Å²) >= 11 is 0. The lowest BCUT2D eigenvalue weighted by molar-refractivity contribution is 0.0969. The van der Waals surface area contributed by atoms with Crippen LogP contribution in [0.25, 0.3) is 11.0 Å². The van der Waals surface area contributed by atoms with Crippen LogP contribution in [0, 0.1) is 13.8 Å². The number of fused-ring (bicyclic) bond motifs is 2. The Balaban J connectivity index is 1.79. The molecule has 0 saturated heterocycles. The summed E-state index contributed by atoms with van der Waals surface area (Å²) in [5.41, 5.74) is 1.93. The number of methoxy groups -OCH3 is 1. The topological polar surface area (TPSA) is 95.0 Å². The molecule has 0 N–H and O–H groups in total. The fourth-order valence-electron chi connectivity index (χ4n) is 4.23. The smallest absolute Gasteiger partial charge is 0.296 e. The molecule has 2 aromatic carbocycles. The number of anilines is 1. The van der Waals surface area contributed by atoms with Gasteiger partial charge in [0.05, 0.1) is 30.7 Å². The van der Waals surface area contributed by atoms with E-state index >= 15 is 0 Å². The Kier molecular flexibility index (Phi) is 4.92. The van der Waals surface area contributed by atoms with Gasteiger partial charge in [0.1, 0.15) is 11.3 Å². The Hall–Kier alpha value is -4.07. The van der Waals surface area contributed by atoms with Gasteiger partial charge >= 0.3 is 0 Å². The quantitative estimate of drug-likeness (QED) is 0.444. The molecule has 0 aliphatic carbocycles. The molecule has 1 aliphatic heterocycles. The molecule has 0 unspecified atom stereocenters. The first-order valence-electron chi connectivity index (χ1n) is 10.6. The zero-order valence-electron chi connectivity index (χ0n) is 18.7. The Morgan fingerprint density at radius 2 is 1.88 bits per heavy atom.